The average molecular weight is 220 g/mol. The van der Waals surface area contributed by atoms with Crippen LogP contribution in [0.15, 0.2) is 12.1 Å². The van der Waals surface area contributed by atoms with Crippen molar-refractivity contribution in [3.63, 3.8) is 0 Å². The summed E-state index contributed by atoms with van der Waals surface area (Å²) in [7, 11) is 0. The standard InChI is InChI=1S/C15H24O/c1-6-7-8-12-9-11(2)14(16)13(10-12)15(3,4)5/h9-10,16H,6-8H2,1-5H3. The van der Waals surface area contributed by atoms with E-state index in [0.717, 1.165) is 17.5 Å². The molecule has 1 aromatic rings. The lowest BCUT2D eigenvalue weighted by molar-refractivity contribution is 0.442. The van der Waals surface area contributed by atoms with Crippen LogP contribution in [0.1, 0.15) is 57.2 Å². The third-order valence-electron chi connectivity index (χ3n) is 2.99. The first-order valence-electron chi connectivity index (χ1n) is 6.19. The van der Waals surface area contributed by atoms with Crippen LogP contribution in [0.3, 0.4) is 0 Å². The molecule has 0 aromatic heterocycles. The summed E-state index contributed by atoms with van der Waals surface area (Å²) < 4.78 is 0. The van der Waals surface area contributed by atoms with E-state index in [0.29, 0.717) is 5.75 Å². The zero-order valence-corrected chi connectivity index (χ0v) is 11.2. The van der Waals surface area contributed by atoms with E-state index in [-0.39, 0.29) is 5.41 Å². The SMILES string of the molecule is CCCCc1cc(C)c(O)c(C(C)(C)C)c1. The normalized spacial score (nSPS) is 11.8. The third kappa shape index (κ3) is 3.01. The molecule has 0 aliphatic rings. The van der Waals surface area contributed by atoms with Gasteiger partial charge in [0, 0.05) is 0 Å². The van der Waals surface area contributed by atoms with Gasteiger partial charge in [-0.3, -0.25) is 0 Å². The van der Waals surface area contributed by atoms with E-state index in [4.69, 9.17) is 0 Å². The molecule has 0 radical (unpaired) electrons. The molecule has 0 aliphatic heterocycles. The number of hydrogen-bond donors (Lipinski definition) is 1. The Morgan fingerprint density at radius 3 is 2.31 bits per heavy atom. The first-order valence-corrected chi connectivity index (χ1v) is 6.19. The second-order valence-electron chi connectivity index (χ2n) is 5.66. The van der Waals surface area contributed by atoms with Crippen LogP contribution in [0.4, 0.5) is 0 Å². The Bertz CT molecular complexity index is 358. The smallest absolute Gasteiger partial charge is 0.122 e. The minimum absolute atomic E-state index is 0.0110. The fourth-order valence-corrected chi connectivity index (χ4v) is 1.95. The van der Waals surface area contributed by atoms with Gasteiger partial charge in [-0.1, -0.05) is 46.2 Å². The highest BCUT2D eigenvalue weighted by Gasteiger charge is 2.19. The Balaban J connectivity index is 3.12. The minimum atomic E-state index is 0.0110. The van der Waals surface area contributed by atoms with Gasteiger partial charge in [0.15, 0.2) is 0 Å². The van der Waals surface area contributed by atoms with Crippen molar-refractivity contribution in [3.8, 4) is 5.75 Å². The zero-order valence-electron chi connectivity index (χ0n) is 11.2. The molecule has 1 rings (SSSR count). The van der Waals surface area contributed by atoms with Crippen molar-refractivity contribution in [2.24, 2.45) is 0 Å². The molecule has 1 N–H and O–H groups in total. The summed E-state index contributed by atoms with van der Waals surface area (Å²) in [6, 6.07) is 4.28. The van der Waals surface area contributed by atoms with Gasteiger partial charge < -0.3 is 5.11 Å². The lowest BCUT2D eigenvalue weighted by Crippen LogP contribution is -2.12. The third-order valence-corrected chi connectivity index (χ3v) is 2.99. The Kier molecular flexibility index (Phi) is 4.01. The second-order valence-corrected chi connectivity index (χ2v) is 5.66. The summed E-state index contributed by atoms with van der Waals surface area (Å²) in [5.74, 6) is 0.466. The topological polar surface area (TPSA) is 20.2 Å². The molecule has 1 nitrogen and oxygen atoms in total. The Hall–Kier alpha value is -0.980. The quantitative estimate of drug-likeness (QED) is 0.803. The van der Waals surface area contributed by atoms with Crippen LogP contribution in [0.25, 0.3) is 0 Å². The van der Waals surface area contributed by atoms with Gasteiger partial charge in [-0.05, 0) is 41.9 Å². The molecule has 0 saturated heterocycles. The lowest BCUT2D eigenvalue weighted by Gasteiger charge is -2.22. The number of rotatable bonds is 3. The van der Waals surface area contributed by atoms with E-state index >= 15 is 0 Å². The van der Waals surface area contributed by atoms with Crippen molar-refractivity contribution in [1.29, 1.82) is 0 Å². The van der Waals surface area contributed by atoms with E-state index < -0.39 is 0 Å². The molecule has 0 saturated carbocycles. The van der Waals surface area contributed by atoms with Crippen LogP contribution in [0.2, 0.25) is 0 Å². The second kappa shape index (κ2) is 4.90. The highest BCUT2D eigenvalue weighted by molar-refractivity contribution is 5.46. The summed E-state index contributed by atoms with van der Waals surface area (Å²) in [6.07, 6.45) is 3.54. The molecule has 1 heteroatoms. The van der Waals surface area contributed by atoms with E-state index in [9.17, 15) is 5.11 Å². The first-order chi connectivity index (χ1) is 7.36. The van der Waals surface area contributed by atoms with Gasteiger partial charge in [0.05, 0.1) is 0 Å². The van der Waals surface area contributed by atoms with Gasteiger partial charge in [0.2, 0.25) is 0 Å². The van der Waals surface area contributed by atoms with Gasteiger partial charge >= 0.3 is 0 Å². The van der Waals surface area contributed by atoms with Gasteiger partial charge in [-0.15, -0.1) is 0 Å². The molecule has 0 aliphatic carbocycles. The monoisotopic (exact) mass is 220 g/mol. The lowest BCUT2D eigenvalue weighted by atomic mass is 9.83. The zero-order chi connectivity index (χ0) is 12.3. The van der Waals surface area contributed by atoms with E-state index in [1.807, 2.05) is 6.92 Å². The predicted octanol–water partition coefficient (Wildman–Crippen LogP) is 4.34. The molecule has 0 unspecified atom stereocenters. The van der Waals surface area contributed by atoms with Crippen molar-refractivity contribution in [2.45, 2.75) is 59.3 Å². The molecule has 16 heavy (non-hydrogen) atoms. The van der Waals surface area contributed by atoms with E-state index in [1.165, 1.54) is 18.4 Å². The number of phenols is 1. The Labute approximate surface area is 99.5 Å². The van der Waals surface area contributed by atoms with Crippen LogP contribution < -0.4 is 0 Å². The first kappa shape index (κ1) is 13.1. The van der Waals surface area contributed by atoms with Crippen molar-refractivity contribution < 1.29 is 5.11 Å². The minimum Gasteiger partial charge on any atom is -0.507 e. The summed E-state index contributed by atoms with van der Waals surface area (Å²) >= 11 is 0. The molecule has 90 valence electrons. The maximum Gasteiger partial charge on any atom is 0.122 e. The van der Waals surface area contributed by atoms with Gasteiger partial charge in [0.1, 0.15) is 5.75 Å². The number of benzene rings is 1. The van der Waals surface area contributed by atoms with Crippen LogP contribution in [0.5, 0.6) is 5.75 Å². The maximum atomic E-state index is 10.1. The average Bonchev–Trinajstić information content (AvgIpc) is 2.17. The highest BCUT2D eigenvalue weighted by atomic mass is 16.3. The fraction of sp³-hybridized carbons (Fsp3) is 0.600. The van der Waals surface area contributed by atoms with Crippen molar-refractivity contribution in [1.82, 2.24) is 0 Å². The number of unbranched alkanes of at least 4 members (excludes halogenated alkanes) is 1. The summed E-state index contributed by atoms with van der Waals surface area (Å²) in [6.45, 7) is 10.6. The molecule has 0 spiro atoms. The number of aromatic hydroxyl groups is 1. The number of aryl methyl sites for hydroxylation is 2. The molecular weight excluding hydrogens is 196 g/mol. The largest absolute Gasteiger partial charge is 0.507 e. The summed E-state index contributed by atoms with van der Waals surface area (Å²) in [5, 5.41) is 10.1. The van der Waals surface area contributed by atoms with Crippen LogP contribution >= 0.6 is 0 Å². The van der Waals surface area contributed by atoms with Crippen LogP contribution in [0, 0.1) is 6.92 Å². The van der Waals surface area contributed by atoms with E-state index in [1.54, 1.807) is 0 Å². The van der Waals surface area contributed by atoms with Gasteiger partial charge in [0.25, 0.3) is 0 Å². The van der Waals surface area contributed by atoms with Crippen molar-refractivity contribution >= 4 is 0 Å². The maximum absolute atomic E-state index is 10.1. The van der Waals surface area contributed by atoms with Crippen LogP contribution in [-0.4, -0.2) is 5.11 Å². The van der Waals surface area contributed by atoms with Crippen molar-refractivity contribution in [3.05, 3.63) is 28.8 Å². The van der Waals surface area contributed by atoms with Gasteiger partial charge in [-0.2, -0.15) is 0 Å². The van der Waals surface area contributed by atoms with Gasteiger partial charge in [-0.25, -0.2) is 0 Å². The molecule has 0 amide bonds. The molecule has 0 fully saturated rings. The Morgan fingerprint density at radius 2 is 1.81 bits per heavy atom. The highest BCUT2D eigenvalue weighted by Crippen LogP contribution is 2.34. The van der Waals surface area contributed by atoms with Crippen LogP contribution in [-0.2, 0) is 11.8 Å². The summed E-state index contributed by atoms with van der Waals surface area (Å²) in [4.78, 5) is 0. The molecular formula is C15H24O. The molecule has 0 bridgehead atoms. The number of phenolic OH excluding ortho intramolecular Hbond substituents is 1. The number of hydrogen-bond acceptors (Lipinski definition) is 1. The summed E-state index contributed by atoms with van der Waals surface area (Å²) in [5.41, 5.74) is 3.43. The predicted molar refractivity (Wildman–Crippen MR) is 70.2 cm³/mol. The fourth-order valence-electron chi connectivity index (χ4n) is 1.95. The van der Waals surface area contributed by atoms with Crippen molar-refractivity contribution in [2.75, 3.05) is 0 Å². The molecule has 0 atom stereocenters. The molecule has 0 heterocycles. The van der Waals surface area contributed by atoms with E-state index in [2.05, 4.69) is 39.8 Å². The molecule has 1 aromatic carbocycles. The Morgan fingerprint density at radius 1 is 1.19 bits per heavy atom.